The van der Waals surface area contributed by atoms with Gasteiger partial charge >= 0.3 is 0 Å². The molecule has 3 heterocycles. The number of furan rings is 1. The van der Waals surface area contributed by atoms with Gasteiger partial charge in [0.1, 0.15) is 0 Å². The minimum Gasteiger partial charge on any atom is -0.459 e. The zero-order valence-electron chi connectivity index (χ0n) is 15.1. The second-order valence-corrected chi connectivity index (χ2v) is 8.24. The van der Waals surface area contributed by atoms with Crippen LogP contribution in [-0.2, 0) is 13.0 Å². The Bertz CT molecular complexity index is 932. The smallest absolute Gasteiger partial charge is 0.287 e. The van der Waals surface area contributed by atoms with Crippen LogP contribution in [0.15, 0.2) is 52.5 Å². The third-order valence-electron chi connectivity index (χ3n) is 5.06. The first kappa shape index (κ1) is 18.3. The van der Waals surface area contributed by atoms with E-state index >= 15 is 0 Å². The number of rotatable bonds is 5. The topological polar surface area (TPSA) is 45.5 Å². The van der Waals surface area contributed by atoms with Gasteiger partial charge in [-0.1, -0.05) is 23.7 Å². The Balaban J connectivity index is 1.54. The second-order valence-electron chi connectivity index (χ2n) is 6.80. The van der Waals surface area contributed by atoms with E-state index in [0.29, 0.717) is 17.3 Å². The highest BCUT2D eigenvalue weighted by atomic mass is 35.5. The fraction of sp³-hybridized carbons (Fsp3) is 0.286. The average Bonchev–Trinajstić information content (AvgIpc) is 3.31. The van der Waals surface area contributed by atoms with E-state index in [1.807, 2.05) is 42.5 Å². The summed E-state index contributed by atoms with van der Waals surface area (Å²) in [4.78, 5) is 16.4. The predicted octanol–water partition coefficient (Wildman–Crippen LogP) is 4.83. The van der Waals surface area contributed by atoms with Gasteiger partial charge in [0.25, 0.3) is 5.91 Å². The Morgan fingerprint density at radius 3 is 2.85 bits per heavy atom. The molecule has 6 heteroatoms. The van der Waals surface area contributed by atoms with Crippen LogP contribution in [0.3, 0.4) is 0 Å². The number of amides is 1. The molecule has 4 rings (SSSR count). The highest BCUT2D eigenvalue weighted by Crippen LogP contribution is 2.30. The molecule has 4 nitrogen and oxygen atoms in total. The standard InChI is InChI=1S/C21H21ClN2O2S/c1-14-7-10-26-20(14)21(25)23-12-18(15-2-4-17(22)5-3-15)24-9-6-19-16(13-24)8-11-27-19/h2-5,7-8,10-11,18H,6,9,12-13H2,1H3,(H,23,25). The summed E-state index contributed by atoms with van der Waals surface area (Å²) in [5.74, 6) is 0.202. The van der Waals surface area contributed by atoms with Gasteiger partial charge in [-0.2, -0.15) is 0 Å². The van der Waals surface area contributed by atoms with E-state index < -0.39 is 0 Å². The number of aryl methyl sites for hydroxylation is 1. The number of nitrogens with zero attached hydrogens (tertiary/aromatic N) is 1. The molecule has 0 bridgehead atoms. The van der Waals surface area contributed by atoms with Crippen molar-refractivity contribution in [1.29, 1.82) is 0 Å². The first-order valence-electron chi connectivity index (χ1n) is 8.99. The fourth-order valence-electron chi connectivity index (χ4n) is 3.55. The Morgan fingerprint density at radius 1 is 1.30 bits per heavy atom. The number of thiophene rings is 1. The number of hydrogen-bond donors (Lipinski definition) is 1. The quantitative estimate of drug-likeness (QED) is 0.667. The molecule has 1 unspecified atom stereocenters. The molecule has 1 atom stereocenters. The van der Waals surface area contributed by atoms with Gasteiger partial charge < -0.3 is 9.73 Å². The van der Waals surface area contributed by atoms with Crippen molar-refractivity contribution in [3.8, 4) is 0 Å². The van der Waals surface area contributed by atoms with Gasteiger partial charge in [0.2, 0.25) is 0 Å². The minimum atomic E-state index is -0.176. The van der Waals surface area contributed by atoms with E-state index in [1.165, 1.54) is 10.4 Å². The van der Waals surface area contributed by atoms with Crippen molar-refractivity contribution in [3.63, 3.8) is 0 Å². The molecule has 1 aliphatic heterocycles. The van der Waals surface area contributed by atoms with Crippen molar-refractivity contribution in [2.75, 3.05) is 13.1 Å². The van der Waals surface area contributed by atoms with Gasteiger partial charge in [-0.25, -0.2) is 0 Å². The van der Waals surface area contributed by atoms with E-state index in [0.717, 1.165) is 30.6 Å². The van der Waals surface area contributed by atoms with Crippen LogP contribution in [0, 0.1) is 6.92 Å². The normalized spacial score (nSPS) is 15.3. The lowest BCUT2D eigenvalue weighted by Gasteiger charge is -2.35. The van der Waals surface area contributed by atoms with Crippen molar-refractivity contribution in [3.05, 3.63) is 80.4 Å². The molecule has 0 saturated carbocycles. The van der Waals surface area contributed by atoms with Gasteiger partial charge in [0.05, 0.1) is 12.3 Å². The monoisotopic (exact) mass is 400 g/mol. The number of fused-ring (bicyclic) bond motifs is 1. The van der Waals surface area contributed by atoms with Gasteiger partial charge in [-0.15, -0.1) is 11.3 Å². The van der Waals surface area contributed by atoms with Crippen molar-refractivity contribution in [2.45, 2.75) is 25.9 Å². The van der Waals surface area contributed by atoms with Crippen LogP contribution in [0.5, 0.6) is 0 Å². The SMILES string of the molecule is Cc1ccoc1C(=O)NCC(c1ccc(Cl)cc1)N1CCc2sccc2C1. The number of nitrogens with one attached hydrogen (secondary N) is 1. The van der Waals surface area contributed by atoms with Crippen LogP contribution in [0.2, 0.25) is 5.02 Å². The summed E-state index contributed by atoms with van der Waals surface area (Å²) in [6.07, 6.45) is 2.59. The van der Waals surface area contributed by atoms with Crippen LogP contribution >= 0.6 is 22.9 Å². The van der Waals surface area contributed by atoms with Crippen LogP contribution in [0.4, 0.5) is 0 Å². The molecule has 0 spiro atoms. The number of benzene rings is 1. The van der Waals surface area contributed by atoms with Gasteiger partial charge in [0.15, 0.2) is 5.76 Å². The Kier molecular flexibility index (Phi) is 5.34. The lowest BCUT2D eigenvalue weighted by Crippen LogP contribution is -2.40. The van der Waals surface area contributed by atoms with Crippen molar-refractivity contribution < 1.29 is 9.21 Å². The van der Waals surface area contributed by atoms with Crippen molar-refractivity contribution >= 4 is 28.8 Å². The first-order valence-corrected chi connectivity index (χ1v) is 10.2. The molecule has 2 aromatic heterocycles. The second kappa shape index (κ2) is 7.89. The summed E-state index contributed by atoms with van der Waals surface area (Å²) in [5, 5.41) is 5.92. The molecule has 140 valence electrons. The largest absolute Gasteiger partial charge is 0.459 e. The Labute approximate surface area is 167 Å². The minimum absolute atomic E-state index is 0.0783. The maximum absolute atomic E-state index is 12.5. The van der Waals surface area contributed by atoms with Gasteiger partial charge in [-0.3, -0.25) is 9.69 Å². The summed E-state index contributed by atoms with van der Waals surface area (Å²) < 4.78 is 5.32. The number of hydrogen-bond acceptors (Lipinski definition) is 4. The first-order chi connectivity index (χ1) is 13.1. The third kappa shape index (κ3) is 3.95. The van der Waals surface area contributed by atoms with E-state index in [1.54, 1.807) is 12.3 Å². The Morgan fingerprint density at radius 2 is 2.11 bits per heavy atom. The zero-order valence-corrected chi connectivity index (χ0v) is 16.6. The van der Waals surface area contributed by atoms with Crippen LogP contribution < -0.4 is 5.32 Å². The molecular formula is C21H21ClN2O2S. The maximum atomic E-state index is 12.5. The van der Waals surface area contributed by atoms with Crippen molar-refractivity contribution in [2.24, 2.45) is 0 Å². The lowest BCUT2D eigenvalue weighted by atomic mass is 10.0. The molecule has 0 radical (unpaired) electrons. The molecule has 3 aromatic rings. The maximum Gasteiger partial charge on any atom is 0.287 e. The number of carbonyl (C=O) groups excluding carboxylic acids is 1. The zero-order chi connectivity index (χ0) is 18.8. The molecule has 1 amide bonds. The van der Waals surface area contributed by atoms with Crippen molar-refractivity contribution in [1.82, 2.24) is 10.2 Å². The lowest BCUT2D eigenvalue weighted by molar-refractivity contribution is 0.0899. The Hall–Kier alpha value is -2.08. The molecular weight excluding hydrogens is 380 g/mol. The number of halogens is 1. The third-order valence-corrected chi connectivity index (χ3v) is 6.33. The summed E-state index contributed by atoms with van der Waals surface area (Å²) in [6.45, 7) is 4.25. The molecule has 1 aliphatic rings. The molecule has 0 aliphatic carbocycles. The molecule has 0 saturated heterocycles. The molecule has 0 fully saturated rings. The fourth-order valence-corrected chi connectivity index (χ4v) is 4.57. The van der Waals surface area contributed by atoms with Crippen LogP contribution in [0.25, 0.3) is 0 Å². The molecule has 1 N–H and O–H groups in total. The van der Waals surface area contributed by atoms with E-state index in [4.69, 9.17) is 16.0 Å². The summed E-state index contributed by atoms with van der Waals surface area (Å²) in [7, 11) is 0. The van der Waals surface area contributed by atoms with E-state index in [-0.39, 0.29) is 11.9 Å². The van der Waals surface area contributed by atoms with Gasteiger partial charge in [-0.05, 0) is 54.1 Å². The average molecular weight is 401 g/mol. The molecule has 1 aromatic carbocycles. The summed E-state index contributed by atoms with van der Waals surface area (Å²) in [6, 6.07) is 12.0. The summed E-state index contributed by atoms with van der Waals surface area (Å²) in [5.41, 5.74) is 3.38. The molecule has 27 heavy (non-hydrogen) atoms. The van der Waals surface area contributed by atoms with Gasteiger partial charge in [0, 0.05) is 35.1 Å². The highest BCUT2D eigenvalue weighted by molar-refractivity contribution is 7.10. The van der Waals surface area contributed by atoms with Crippen LogP contribution in [0.1, 0.15) is 38.2 Å². The summed E-state index contributed by atoms with van der Waals surface area (Å²) >= 11 is 7.90. The van der Waals surface area contributed by atoms with E-state index in [2.05, 4.69) is 21.7 Å². The van der Waals surface area contributed by atoms with Crippen LogP contribution in [-0.4, -0.2) is 23.9 Å². The number of carbonyl (C=O) groups is 1. The van der Waals surface area contributed by atoms with E-state index in [9.17, 15) is 4.79 Å². The highest BCUT2D eigenvalue weighted by Gasteiger charge is 2.26. The predicted molar refractivity (Wildman–Crippen MR) is 108 cm³/mol.